The van der Waals surface area contributed by atoms with Gasteiger partial charge in [-0.2, -0.15) is 0 Å². The summed E-state index contributed by atoms with van der Waals surface area (Å²) >= 11 is 0. The van der Waals surface area contributed by atoms with Crippen LogP contribution in [0.1, 0.15) is 19.3 Å². The Labute approximate surface area is 55.7 Å². The van der Waals surface area contributed by atoms with Crippen molar-refractivity contribution < 1.29 is 0 Å². The van der Waals surface area contributed by atoms with Crippen molar-refractivity contribution in [1.29, 1.82) is 0 Å². The van der Waals surface area contributed by atoms with E-state index >= 15 is 0 Å². The fraction of sp³-hybridized carbons (Fsp3) is 0.333. The average molecular weight is 114 g/mol. The van der Waals surface area contributed by atoms with Gasteiger partial charge in [-0.1, -0.05) is 35.5 Å². The van der Waals surface area contributed by atoms with Gasteiger partial charge in [0.05, 0.1) is 19.3 Å². The predicted octanol–water partition coefficient (Wildman–Crippen LogP) is 1.18. The van der Waals surface area contributed by atoms with Gasteiger partial charge in [0.25, 0.3) is 0 Å². The highest BCUT2D eigenvalue weighted by Crippen LogP contribution is 1.80. The smallest absolute Gasteiger partial charge is 0.0703 e. The summed E-state index contributed by atoms with van der Waals surface area (Å²) in [5, 5.41) is 0. The van der Waals surface area contributed by atoms with Crippen LogP contribution in [0.25, 0.3) is 0 Å². The van der Waals surface area contributed by atoms with Gasteiger partial charge in [-0.3, -0.25) is 0 Å². The highest BCUT2D eigenvalue weighted by molar-refractivity contribution is 5.21. The molecular formula is C9H6. The first kappa shape index (κ1) is 5.81. The Hall–Kier alpha value is -1.32. The Morgan fingerprint density at radius 2 is 0.667 bits per heavy atom. The molecule has 0 atom stereocenters. The second-order valence-corrected chi connectivity index (χ2v) is 1.59. The molecule has 0 radical (unpaired) electrons. The molecule has 42 valence electrons. The molecule has 0 aromatic heterocycles. The molecule has 0 bridgehead atoms. The van der Waals surface area contributed by atoms with Crippen molar-refractivity contribution >= 4 is 0 Å². The standard InChI is InChI=1S/C9H6/c1-2-4-6-8-9-7-5-3-1/h1,6-7H2. The molecule has 0 N–H and O–H groups in total. The summed E-state index contributed by atoms with van der Waals surface area (Å²) < 4.78 is 0. The molecule has 0 aliphatic heterocycles. The van der Waals surface area contributed by atoms with Gasteiger partial charge in [-0.15, -0.1) is 0 Å². The average Bonchev–Trinajstić information content (AvgIpc) is 2.00. The molecule has 0 aromatic rings. The molecule has 9 heavy (non-hydrogen) atoms. The molecule has 0 unspecified atom stereocenters. The predicted molar refractivity (Wildman–Crippen MR) is 37.2 cm³/mol. The van der Waals surface area contributed by atoms with Crippen molar-refractivity contribution in [2.75, 3.05) is 0 Å². The van der Waals surface area contributed by atoms with Crippen molar-refractivity contribution in [2.24, 2.45) is 0 Å². The van der Waals surface area contributed by atoms with Crippen molar-refractivity contribution in [3.8, 4) is 35.5 Å². The van der Waals surface area contributed by atoms with Crippen LogP contribution in [-0.4, -0.2) is 0 Å². The van der Waals surface area contributed by atoms with E-state index in [0.29, 0.717) is 19.3 Å². The molecule has 0 heterocycles. The summed E-state index contributed by atoms with van der Waals surface area (Å²) in [7, 11) is 0. The Morgan fingerprint density at radius 1 is 0.444 bits per heavy atom. The monoisotopic (exact) mass is 114 g/mol. The van der Waals surface area contributed by atoms with Gasteiger partial charge < -0.3 is 0 Å². The van der Waals surface area contributed by atoms with E-state index in [4.69, 9.17) is 0 Å². The zero-order valence-electron chi connectivity index (χ0n) is 5.12. The normalized spacial score (nSPS) is 13.3. The molecule has 0 saturated heterocycles. The molecular weight excluding hydrogens is 108 g/mol. The van der Waals surface area contributed by atoms with Crippen LogP contribution in [0.4, 0.5) is 0 Å². The first-order valence-electron chi connectivity index (χ1n) is 2.87. The lowest BCUT2D eigenvalue weighted by Crippen LogP contribution is -1.58. The van der Waals surface area contributed by atoms with Gasteiger partial charge in [0.2, 0.25) is 0 Å². The van der Waals surface area contributed by atoms with Gasteiger partial charge in [-0.05, 0) is 0 Å². The lowest BCUT2D eigenvalue weighted by atomic mass is 10.4. The SMILES string of the molecule is C1#CCC#CCC#CC1. The molecule has 0 aromatic carbocycles. The molecule has 0 spiro atoms. The second kappa shape index (κ2) is 3.65. The second-order valence-electron chi connectivity index (χ2n) is 1.59. The van der Waals surface area contributed by atoms with Gasteiger partial charge in [0.1, 0.15) is 0 Å². The highest BCUT2D eigenvalue weighted by Gasteiger charge is 1.71. The first-order valence-corrected chi connectivity index (χ1v) is 2.87. The molecule has 0 nitrogen and oxygen atoms in total. The van der Waals surface area contributed by atoms with Gasteiger partial charge in [0.15, 0.2) is 0 Å². The lowest BCUT2D eigenvalue weighted by Gasteiger charge is -1.66. The Bertz CT molecular complexity index is 186. The van der Waals surface area contributed by atoms with Crippen LogP contribution in [0.3, 0.4) is 0 Å². The lowest BCUT2D eigenvalue weighted by molar-refractivity contribution is 1.50. The molecule has 0 fully saturated rings. The number of hydrogen-bond acceptors (Lipinski definition) is 0. The molecule has 1 aliphatic rings. The van der Waals surface area contributed by atoms with E-state index < -0.39 is 0 Å². The van der Waals surface area contributed by atoms with Gasteiger partial charge in [-0.25, -0.2) is 0 Å². The summed E-state index contributed by atoms with van der Waals surface area (Å²) in [6.45, 7) is 0. The Kier molecular flexibility index (Phi) is 2.36. The minimum absolute atomic E-state index is 0.698. The quantitative estimate of drug-likeness (QED) is 0.415. The van der Waals surface area contributed by atoms with Gasteiger partial charge >= 0.3 is 0 Å². The molecule has 0 saturated carbocycles. The van der Waals surface area contributed by atoms with Crippen molar-refractivity contribution in [3.63, 3.8) is 0 Å². The summed E-state index contributed by atoms with van der Waals surface area (Å²) in [4.78, 5) is 0. The van der Waals surface area contributed by atoms with Crippen LogP contribution in [0.2, 0.25) is 0 Å². The van der Waals surface area contributed by atoms with Crippen molar-refractivity contribution in [1.82, 2.24) is 0 Å². The fourth-order valence-electron chi connectivity index (χ4n) is 0.508. The number of rotatable bonds is 0. The van der Waals surface area contributed by atoms with E-state index in [1.807, 2.05) is 0 Å². The van der Waals surface area contributed by atoms with Crippen molar-refractivity contribution in [3.05, 3.63) is 0 Å². The van der Waals surface area contributed by atoms with E-state index in [1.54, 1.807) is 0 Å². The van der Waals surface area contributed by atoms with Crippen LogP contribution in [-0.2, 0) is 0 Å². The maximum Gasteiger partial charge on any atom is 0.0703 e. The summed E-state index contributed by atoms with van der Waals surface area (Å²) in [6, 6.07) is 0. The minimum atomic E-state index is 0.698. The molecule has 0 amide bonds. The van der Waals surface area contributed by atoms with E-state index in [1.165, 1.54) is 0 Å². The largest absolute Gasteiger partial charge is 0.0892 e. The third-order valence-electron chi connectivity index (χ3n) is 0.905. The molecule has 1 aliphatic carbocycles. The van der Waals surface area contributed by atoms with Crippen LogP contribution < -0.4 is 0 Å². The third-order valence-corrected chi connectivity index (χ3v) is 0.905. The highest BCUT2D eigenvalue weighted by atomic mass is 13.7. The molecule has 1 rings (SSSR count). The Balaban J connectivity index is 2.60. The number of hydrogen-bond donors (Lipinski definition) is 0. The van der Waals surface area contributed by atoms with Crippen LogP contribution in [0, 0.1) is 35.5 Å². The molecule has 0 heteroatoms. The summed E-state index contributed by atoms with van der Waals surface area (Å²) in [6.07, 6.45) is 2.09. The van der Waals surface area contributed by atoms with Crippen molar-refractivity contribution in [2.45, 2.75) is 19.3 Å². The maximum atomic E-state index is 2.90. The topological polar surface area (TPSA) is 0 Å². The van der Waals surface area contributed by atoms with Crippen LogP contribution in [0.15, 0.2) is 0 Å². The first-order chi connectivity index (χ1) is 4.50. The van der Waals surface area contributed by atoms with E-state index in [0.717, 1.165) is 0 Å². The Morgan fingerprint density at radius 3 is 0.889 bits per heavy atom. The van der Waals surface area contributed by atoms with E-state index in [2.05, 4.69) is 35.5 Å². The summed E-state index contributed by atoms with van der Waals surface area (Å²) in [5.74, 6) is 17.4. The van der Waals surface area contributed by atoms with Gasteiger partial charge in [0, 0.05) is 0 Å². The van der Waals surface area contributed by atoms with Crippen LogP contribution >= 0.6 is 0 Å². The van der Waals surface area contributed by atoms with E-state index in [9.17, 15) is 0 Å². The maximum absolute atomic E-state index is 2.90. The zero-order valence-corrected chi connectivity index (χ0v) is 5.12. The fourth-order valence-corrected chi connectivity index (χ4v) is 0.508. The van der Waals surface area contributed by atoms with Crippen LogP contribution in [0.5, 0.6) is 0 Å². The third kappa shape index (κ3) is 2.48. The minimum Gasteiger partial charge on any atom is -0.0892 e. The zero-order chi connectivity index (χ0) is 6.36. The summed E-state index contributed by atoms with van der Waals surface area (Å²) in [5.41, 5.74) is 0. The van der Waals surface area contributed by atoms with E-state index in [-0.39, 0.29) is 0 Å².